The third kappa shape index (κ3) is 5.28. The van der Waals surface area contributed by atoms with E-state index in [4.69, 9.17) is 5.73 Å². The molecule has 52 heavy (non-hydrogen) atoms. The summed E-state index contributed by atoms with van der Waals surface area (Å²) in [5.41, 5.74) is 27.7. The summed E-state index contributed by atoms with van der Waals surface area (Å²) in [6, 6.07) is 47.0. The lowest BCUT2D eigenvalue weighted by Gasteiger charge is -2.24. The van der Waals surface area contributed by atoms with E-state index in [0.717, 1.165) is 30.5 Å². The van der Waals surface area contributed by atoms with Crippen LogP contribution in [0, 0.1) is 0 Å². The van der Waals surface area contributed by atoms with Gasteiger partial charge >= 0.3 is 0 Å². The van der Waals surface area contributed by atoms with Crippen molar-refractivity contribution in [1.82, 2.24) is 5.32 Å². The number of benzene rings is 6. The molecule has 1 atom stereocenters. The van der Waals surface area contributed by atoms with Crippen LogP contribution in [0.5, 0.6) is 0 Å². The zero-order valence-corrected chi connectivity index (χ0v) is 30.6. The molecule has 0 saturated heterocycles. The molecule has 0 fully saturated rings. The first-order chi connectivity index (χ1) is 25.2. The second-order valence-electron chi connectivity index (χ2n) is 15.9. The van der Waals surface area contributed by atoms with Gasteiger partial charge in [0.25, 0.3) is 0 Å². The first-order valence-corrected chi connectivity index (χ1v) is 18.8. The van der Waals surface area contributed by atoms with E-state index in [9.17, 15) is 0 Å². The van der Waals surface area contributed by atoms with Crippen LogP contribution in [-0.4, -0.2) is 0 Å². The second kappa shape index (κ2) is 12.4. The normalized spacial score (nSPS) is 16.4. The van der Waals surface area contributed by atoms with E-state index in [1.807, 2.05) is 6.07 Å². The van der Waals surface area contributed by atoms with Crippen LogP contribution in [0.2, 0.25) is 0 Å². The maximum absolute atomic E-state index is 6.89. The molecule has 9 rings (SSSR count). The molecule has 2 nitrogen and oxygen atoms in total. The molecule has 3 aliphatic rings. The van der Waals surface area contributed by atoms with Gasteiger partial charge in [0.05, 0.1) is 0 Å². The van der Waals surface area contributed by atoms with Crippen molar-refractivity contribution in [2.45, 2.75) is 64.0 Å². The van der Waals surface area contributed by atoms with Crippen LogP contribution >= 0.6 is 0 Å². The highest BCUT2D eigenvalue weighted by Gasteiger charge is 2.38. The predicted octanol–water partition coefficient (Wildman–Crippen LogP) is 11.8. The van der Waals surface area contributed by atoms with Gasteiger partial charge in [0.1, 0.15) is 6.17 Å². The highest BCUT2D eigenvalue weighted by molar-refractivity contribution is 5.91. The van der Waals surface area contributed by atoms with Gasteiger partial charge in [-0.1, -0.05) is 161 Å². The summed E-state index contributed by atoms with van der Waals surface area (Å²) in [7, 11) is 0. The minimum absolute atomic E-state index is 0.0165. The number of nitrogens with one attached hydrogen (secondary N) is 1. The Bertz CT molecular complexity index is 2410. The maximum Gasteiger partial charge on any atom is 0.101 e. The van der Waals surface area contributed by atoms with Gasteiger partial charge in [-0.25, -0.2) is 0 Å². The molecule has 0 amide bonds. The van der Waals surface area contributed by atoms with Gasteiger partial charge in [-0.3, -0.25) is 0 Å². The zero-order chi connectivity index (χ0) is 35.6. The van der Waals surface area contributed by atoms with Crippen molar-refractivity contribution >= 4 is 11.8 Å². The first-order valence-electron chi connectivity index (χ1n) is 18.8. The van der Waals surface area contributed by atoms with Crippen LogP contribution in [0.3, 0.4) is 0 Å². The van der Waals surface area contributed by atoms with Crippen LogP contribution in [0.1, 0.15) is 90.4 Å². The molecule has 3 N–H and O–H groups in total. The molecule has 0 aromatic heterocycles. The first kappa shape index (κ1) is 32.5. The average Bonchev–Trinajstić information content (AvgIpc) is 3.55. The number of fused-ring (bicyclic) bond motifs is 7. The molecule has 6 aromatic carbocycles. The Balaban J connectivity index is 1.08. The SMILES string of the molecule is CC1(C)c2ccccc2-c2cc(-c3ccc(C/C=C(\NC(N)c4ccccc4)c4cccc5c4-c4cc6c(cc4C5(C)C)CCC=C6)cc3)ccc21. The van der Waals surface area contributed by atoms with E-state index < -0.39 is 0 Å². The summed E-state index contributed by atoms with van der Waals surface area (Å²) in [4.78, 5) is 0. The number of aryl methyl sites for hydroxylation is 1. The van der Waals surface area contributed by atoms with Gasteiger partial charge in [0.2, 0.25) is 0 Å². The second-order valence-corrected chi connectivity index (χ2v) is 15.9. The Morgan fingerprint density at radius 3 is 2.21 bits per heavy atom. The van der Waals surface area contributed by atoms with Gasteiger partial charge in [-0.2, -0.15) is 0 Å². The monoisotopic (exact) mass is 674 g/mol. The van der Waals surface area contributed by atoms with Crippen LogP contribution < -0.4 is 11.1 Å². The summed E-state index contributed by atoms with van der Waals surface area (Å²) in [5.74, 6) is 0. The molecule has 0 bridgehead atoms. The molecule has 0 saturated carbocycles. The molecule has 1 unspecified atom stereocenters. The number of hydrogen-bond acceptors (Lipinski definition) is 2. The lowest BCUT2D eigenvalue weighted by molar-refractivity contribution is 0.657. The zero-order valence-electron chi connectivity index (χ0n) is 30.6. The average molecular weight is 675 g/mol. The van der Waals surface area contributed by atoms with Gasteiger partial charge < -0.3 is 11.1 Å². The highest BCUT2D eigenvalue weighted by atomic mass is 15.0. The molecule has 0 aliphatic heterocycles. The highest BCUT2D eigenvalue weighted by Crippen LogP contribution is 2.53. The van der Waals surface area contributed by atoms with Crippen molar-refractivity contribution in [2.75, 3.05) is 0 Å². The standard InChI is InChI=1S/C50H46N2/c1-49(2)42-19-11-10-17-38(42)40-29-37(26-27-43(40)49)33-24-21-32(22-25-33)23-28-46(52-48(51)34-13-6-5-7-14-34)39-18-12-20-44-47(39)41-30-35-15-8-9-16-36(35)31-45(41)50(44,3)4/h5-8,10-15,17-22,24-31,48,52H,9,16,23,51H2,1-4H3/b46-28-. The summed E-state index contributed by atoms with van der Waals surface area (Å²) >= 11 is 0. The number of allylic oxidation sites excluding steroid dienone is 2. The molecule has 0 spiro atoms. The Kier molecular flexibility index (Phi) is 7.72. The Labute approximate surface area is 308 Å². The molecule has 256 valence electrons. The smallest absolute Gasteiger partial charge is 0.101 e. The van der Waals surface area contributed by atoms with E-state index in [0.29, 0.717) is 0 Å². The fourth-order valence-corrected chi connectivity index (χ4v) is 9.05. The van der Waals surface area contributed by atoms with E-state index in [1.54, 1.807) is 0 Å². The van der Waals surface area contributed by atoms with Crippen molar-refractivity contribution < 1.29 is 0 Å². The lowest BCUT2D eigenvalue weighted by Crippen LogP contribution is -2.28. The molecule has 0 heterocycles. The van der Waals surface area contributed by atoms with Crippen molar-refractivity contribution in [3.63, 3.8) is 0 Å². The fourth-order valence-electron chi connectivity index (χ4n) is 9.05. The van der Waals surface area contributed by atoms with Crippen LogP contribution in [0.4, 0.5) is 0 Å². The Morgan fingerprint density at radius 2 is 1.38 bits per heavy atom. The minimum atomic E-state index is -0.346. The van der Waals surface area contributed by atoms with Crippen molar-refractivity contribution in [1.29, 1.82) is 0 Å². The lowest BCUT2D eigenvalue weighted by atomic mass is 9.80. The van der Waals surface area contributed by atoms with E-state index in [1.165, 1.54) is 77.9 Å². The third-order valence-electron chi connectivity index (χ3n) is 12.0. The third-order valence-corrected chi connectivity index (χ3v) is 12.0. The minimum Gasteiger partial charge on any atom is -0.366 e. The summed E-state index contributed by atoms with van der Waals surface area (Å²) in [5, 5.41) is 3.77. The number of hydrogen-bond donors (Lipinski definition) is 2. The molecule has 2 heteroatoms. The van der Waals surface area contributed by atoms with Gasteiger partial charge in [-0.05, 0) is 109 Å². The summed E-state index contributed by atoms with van der Waals surface area (Å²) < 4.78 is 0. The van der Waals surface area contributed by atoms with Crippen molar-refractivity contribution in [3.8, 4) is 33.4 Å². The Hall–Kier alpha value is -5.44. The molecular weight excluding hydrogens is 629 g/mol. The fraction of sp³-hybridized carbons (Fsp3) is 0.200. The van der Waals surface area contributed by atoms with E-state index in [2.05, 4.69) is 173 Å². The van der Waals surface area contributed by atoms with Gasteiger partial charge in [0, 0.05) is 22.1 Å². The largest absolute Gasteiger partial charge is 0.366 e. The van der Waals surface area contributed by atoms with Gasteiger partial charge in [0.15, 0.2) is 0 Å². The molecule has 0 radical (unpaired) electrons. The Morgan fingerprint density at radius 1 is 0.673 bits per heavy atom. The van der Waals surface area contributed by atoms with E-state index >= 15 is 0 Å². The van der Waals surface area contributed by atoms with Crippen LogP contribution in [0.15, 0.2) is 140 Å². The van der Waals surface area contributed by atoms with E-state index in [-0.39, 0.29) is 17.0 Å². The molecule has 3 aliphatic carbocycles. The topological polar surface area (TPSA) is 38.0 Å². The summed E-state index contributed by atoms with van der Waals surface area (Å²) in [6.07, 6.45) is 9.60. The number of rotatable bonds is 7. The van der Waals surface area contributed by atoms with Crippen molar-refractivity contribution in [3.05, 3.63) is 190 Å². The van der Waals surface area contributed by atoms with Gasteiger partial charge in [-0.15, -0.1) is 0 Å². The number of nitrogens with two attached hydrogens (primary N) is 1. The maximum atomic E-state index is 6.89. The molecule has 6 aromatic rings. The van der Waals surface area contributed by atoms with Crippen LogP contribution in [0.25, 0.3) is 45.2 Å². The predicted molar refractivity (Wildman–Crippen MR) is 219 cm³/mol. The molecular formula is C50H46N2. The summed E-state index contributed by atoms with van der Waals surface area (Å²) in [6.45, 7) is 9.43. The quantitative estimate of drug-likeness (QED) is 0.165. The van der Waals surface area contributed by atoms with Crippen molar-refractivity contribution in [2.24, 2.45) is 5.73 Å². The van der Waals surface area contributed by atoms with Crippen LogP contribution in [-0.2, 0) is 23.7 Å².